The van der Waals surface area contributed by atoms with Crippen LogP contribution in [0.4, 0.5) is 4.39 Å². The molecule has 2 amide bonds. The Kier molecular flexibility index (Phi) is 6.97. The molecule has 1 saturated heterocycles. The van der Waals surface area contributed by atoms with Gasteiger partial charge in [-0.1, -0.05) is 23.3 Å². The summed E-state index contributed by atoms with van der Waals surface area (Å²) in [6.45, 7) is 11.3. The number of ether oxygens (including phenoxy) is 1. The summed E-state index contributed by atoms with van der Waals surface area (Å²) >= 11 is 0. The lowest BCUT2D eigenvalue weighted by molar-refractivity contribution is 0.00578. The van der Waals surface area contributed by atoms with Crippen molar-refractivity contribution in [3.63, 3.8) is 0 Å². The van der Waals surface area contributed by atoms with Crippen molar-refractivity contribution in [1.82, 2.24) is 10.9 Å². The highest BCUT2D eigenvalue weighted by Gasteiger charge is 2.53. The standard InChI is InChI=1S/C24H30BFN2O5/c1-14-10-15(2)12-17(11-14)21(29)27-28-22(30)18-9-8-16(13-31-7)19(20(18)26)25-32-23(3,4)24(5,6)33-25/h8-12H,13H2,1-7H3,(H,27,29)(H,28,30). The van der Waals surface area contributed by atoms with Crippen LogP contribution in [0, 0.1) is 19.7 Å². The minimum atomic E-state index is -1.02. The maximum absolute atomic E-state index is 15.6. The molecule has 2 aromatic carbocycles. The number of rotatable bonds is 5. The molecule has 0 atom stereocenters. The highest BCUT2D eigenvalue weighted by atomic mass is 19.1. The molecular formula is C24H30BFN2O5. The van der Waals surface area contributed by atoms with Crippen LogP contribution >= 0.6 is 0 Å². The highest BCUT2D eigenvalue weighted by Crippen LogP contribution is 2.37. The number of hydrogen-bond donors (Lipinski definition) is 2. The lowest BCUT2D eigenvalue weighted by atomic mass is 9.74. The smallest absolute Gasteiger partial charge is 0.399 e. The maximum Gasteiger partial charge on any atom is 0.498 e. The molecule has 0 saturated carbocycles. The van der Waals surface area contributed by atoms with E-state index in [0.717, 1.165) is 11.1 Å². The van der Waals surface area contributed by atoms with E-state index in [2.05, 4.69) is 10.9 Å². The first kappa shape index (κ1) is 24.9. The molecule has 9 heteroatoms. The van der Waals surface area contributed by atoms with Gasteiger partial charge in [-0.15, -0.1) is 0 Å². The van der Waals surface area contributed by atoms with Gasteiger partial charge in [-0.05, 0) is 65.3 Å². The lowest BCUT2D eigenvalue weighted by Crippen LogP contribution is -2.44. The van der Waals surface area contributed by atoms with Crippen molar-refractivity contribution in [2.24, 2.45) is 0 Å². The van der Waals surface area contributed by atoms with Gasteiger partial charge in [0, 0.05) is 18.1 Å². The molecule has 176 valence electrons. The summed E-state index contributed by atoms with van der Waals surface area (Å²) in [6.07, 6.45) is 0. The number of amides is 2. The molecule has 1 aliphatic heterocycles. The predicted molar refractivity (Wildman–Crippen MR) is 124 cm³/mol. The van der Waals surface area contributed by atoms with Crippen LogP contribution in [-0.4, -0.2) is 37.2 Å². The number of halogens is 1. The Balaban J connectivity index is 1.85. The van der Waals surface area contributed by atoms with E-state index in [0.29, 0.717) is 11.1 Å². The zero-order chi connectivity index (χ0) is 24.6. The molecule has 1 fully saturated rings. The van der Waals surface area contributed by atoms with Gasteiger partial charge in [0.15, 0.2) is 0 Å². The van der Waals surface area contributed by atoms with E-state index in [-0.39, 0.29) is 17.6 Å². The molecule has 33 heavy (non-hydrogen) atoms. The van der Waals surface area contributed by atoms with E-state index < -0.39 is 36.0 Å². The zero-order valence-electron chi connectivity index (χ0n) is 20.1. The molecule has 0 bridgehead atoms. The van der Waals surface area contributed by atoms with Crippen molar-refractivity contribution < 1.29 is 28.0 Å². The summed E-state index contributed by atoms with van der Waals surface area (Å²) in [6, 6.07) is 8.27. The largest absolute Gasteiger partial charge is 0.498 e. The van der Waals surface area contributed by atoms with Crippen LogP contribution in [0.2, 0.25) is 0 Å². The van der Waals surface area contributed by atoms with Gasteiger partial charge >= 0.3 is 7.12 Å². The number of methoxy groups -OCH3 is 1. The van der Waals surface area contributed by atoms with Crippen molar-refractivity contribution in [2.75, 3.05) is 7.11 Å². The summed E-state index contributed by atoms with van der Waals surface area (Å²) in [5, 5.41) is 0. The van der Waals surface area contributed by atoms with E-state index in [4.69, 9.17) is 14.0 Å². The number of hydrogen-bond acceptors (Lipinski definition) is 5. The normalized spacial score (nSPS) is 16.5. The SMILES string of the molecule is COCc1ccc(C(=O)NNC(=O)c2cc(C)cc(C)c2)c(F)c1B1OC(C)(C)C(C)(C)O1. The molecule has 1 heterocycles. The Hall–Kier alpha value is -2.75. The van der Waals surface area contributed by atoms with E-state index >= 15 is 4.39 Å². The summed E-state index contributed by atoms with van der Waals surface area (Å²) in [7, 11) is 0.479. The van der Waals surface area contributed by atoms with Gasteiger partial charge in [0.2, 0.25) is 0 Å². The van der Waals surface area contributed by atoms with E-state index in [9.17, 15) is 9.59 Å². The van der Waals surface area contributed by atoms with Crippen LogP contribution in [-0.2, 0) is 20.7 Å². The Morgan fingerprint density at radius 3 is 2.06 bits per heavy atom. The van der Waals surface area contributed by atoms with Gasteiger partial charge in [0.25, 0.3) is 11.8 Å². The molecule has 0 aromatic heterocycles. The average Bonchev–Trinajstić information content (AvgIpc) is 2.92. The Morgan fingerprint density at radius 1 is 0.970 bits per heavy atom. The number of aryl methyl sites for hydroxylation is 2. The van der Waals surface area contributed by atoms with Gasteiger partial charge in [-0.3, -0.25) is 20.4 Å². The van der Waals surface area contributed by atoms with Crippen molar-refractivity contribution in [3.8, 4) is 0 Å². The topological polar surface area (TPSA) is 85.9 Å². The quantitative estimate of drug-likeness (QED) is 0.534. The fourth-order valence-corrected chi connectivity index (χ4v) is 3.66. The number of hydrazine groups is 1. The molecule has 1 aliphatic rings. The third kappa shape index (κ3) is 5.10. The molecule has 2 aromatic rings. The van der Waals surface area contributed by atoms with Gasteiger partial charge in [0.05, 0.1) is 23.4 Å². The fourth-order valence-electron chi connectivity index (χ4n) is 3.66. The van der Waals surface area contributed by atoms with E-state index in [1.54, 1.807) is 18.2 Å². The molecule has 2 N–H and O–H groups in total. The number of nitrogens with one attached hydrogen (secondary N) is 2. The molecular weight excluding hydrogens is 426 g/mol. The minimum Gasteiger partial charge on any atom is -0.399 e. The molecule has 0 unspecified atom stereocenters. The third-order valence-corrected chi connectivity index (χ3v) is 6.08. The fraction of sp³-hybridized carbons (Fsp3) is 0.417. The Bertz CT molecular complexity index is 1050. The first-order valence-corrected chi connectivity index (χ1v) is 10.7. The van der Waals surface area contributed by atoms with Gasteiger partial charge < -0.3 is 14.0 Å². The second-order valence-electron chi connectivity index (χ2n) is 9.31. The summed E-state index contributed by atoms with van der Waals surface area (Å²) < 4.78 is 32.8. The molecule has 0 aliphatic carbocycles. The van der Waals surface area contributed by atoms with Crippen molar-refractivity contribution in [1.29, 1.82) is 0 Å². The average molecular weight is 456 g/mol. The number of carbonyl (C=O) groups excluding carboxylic acids is 2. The second-order valence-corrected chi connectivity index (χ2v) is 9.31. The van der Waals surface area contributed by atoms with Crippen molar-refractivity contribution in [3.05, 3.63) is 64.0 Å². The monoisotopic (exact) mass is 456 g/mol. The maximum atomic E-state index is 15.6. The van der Waals surface area contributed by atoms with Crippen LogP contribution in [0.1, 0.15) is 65.1 Å². The molecule has 7 nitrogen and oxygen atoms in total. The first-order valence-electron chi connectivity index (χ1n) is 10.7. The van der Waals surface area contributed by atoms with E-state index in [1.807, 2.05) is 47.6 Å². The Labute approximate surface area is 194 Å². The minimum absolute atomic E-state index is 0.101. The molecule has 0 radical (unpaired) electrons. The summed E-state index contributed by atoms with van der Waals surface area (Å²) in [5.74, 6) is -2.09. The van der Waals surface area contributed by atoms with Gasteiger partial charge in [-0.25, -0.2) is 4.39 Å². The molecule has 0 spiro atoms. The first-order chi connectivity index (χ1) is 15.4. The molecule has 3 rings (SSSR count). The number of benzene rings is 2. The van der Waals surface area contributed by atoms with E-state index in [1.165, 1.54) is 13.2 Å². The van der Waals surface area contributed by atoms with Crippen LogP contribution in [0.3, 0.4) is 0 Å². The van der Waals surface area contributed by atoms with Gasteiger partial charge in [0.1, 0.15) is 5.82 Å². The lowest BCUT2D eigenvalue weighted by Gasteiger charge is -2.32. The summed E-state index contributed by atoms with van der Waals surface area (Å²) in [4.78, 5) is 25.2. The van der Waals surface area contributed by atoms with Crippen LogP contribution < -0.4 is 16.3 Å². The van der Waals surface area contributed by atoms with Crippen molar-refractivity contribution >= 4 is 24.4 Å². The predicted octanol–water partition coefficient (Wildman–Crippen LogP) is 2.96. The summed E-state index contributed by atoms with van der Waals surface area (Å²) in [5.41, 5.74) is 5.83. The highest BCUT2D eigenvalue weighted by molar-refractivity contribution is 6.62. The third-order valence-electron chi connectivity index (χ3n) is 6.08. The number of carbonyl (C=O) groups is 2. The van der Waals surface area contributed by atoms with Crippen LogP contribution in [0.5, 0.6) is 0 Å². The van der Waals surface area contributed by atoms with Crippen LogP contribution in [0.15, 0.2) is 30.3 Å². The van der Waals surface area contributed by atoms with Gasteiger partial charge in [-0.2, -0.15) is 0 Å². The van der Waals surface area contributed by atoms with Crippen molar-refractivity contribution in [2.45, 2.75) is 59.4 Å². The Morgan fingerprint density at radius 2 is 1.52 bits per heavy atom. The zero-order valence-corrected chi connectivity index (χ0v) is 20.1. The van der Waals surface area contributed by atoms with Crippen LogP contribution in [0.25, 0.3) is 0 Å². The second kappa shape index (κ2) is 9.25.